The molecule has 2 aromatic carbocycles. The summed E-state index contributed by atoms with van der Waals surface area (Å²) in [6.07, 6.45) is 0. The molecule has 1 N–H and O–H groups in total. The highest BCUT2D eigenvalue weighted by atomic mass is 35.5. The number of anilines is 2. The Morgan fingerprint density at radius 3 is 2.68 bits per heavy atom. The van der Waals surface area contributed by atoms with Gasteiger partial charge in [0.05, 0.1) is 23.6 Å². The molecule has 0 saturated carbocycles. The van der Waals surface area contributed by atoms with Crippen LogP contribution in [0.25, 0.3) is 10.9 Å². The van der Waals surface area contributed by atoms with Crippen molar-refractivity contribution in [1.29, 1.82) is 0 Å². The number of morpholine rings is 1. The SMILES string of the molecule is CN(c1cccc(S(=O)(=O)N2CCOCC2)c1)c1nn(CC(=O)O)c2ccc(Cl)cc12. The standard InChI is InChI=1S/C20H21ClN4O5S/c1-23(20-17-11-14(21)5-6-18(17)25(22-20)13-19(26)27)15-3-2-4-16(12-15)31(28,29)24-7-9-30-10-8-24/h2-6,11-12H,7-10,13H2,1H3,(H,26,27). The molecular formula is C20H21ClN4O5S. The van der Waals surface area contributed by atoms with E-state index in [1.165, 1.54) is 8.99 Å². The minimum absolute atomic E-state index is 0.172. The smallest absolute Gasteiger partial charge is 0.325 e. The third-order valence-corrected chi connectivity index (χ3v) is 7.24. The summed E-state index contributed by atoms with van der Waals surface area (Å²) in [6, 6.07) is 11.7. The zero-order valence-corrected chi connectivity index (χ0v) is 18.3. The fourth-order valence-corrected chi connectivity index (χ4v) is 5.16. The normalized spacial score (nSPS) is 15.3. The van der Waals surface area contributed by atoms with Crippen molar-refractivity contribution < 1.29 is 23.1 Å². The van der Waals surface area contributed by atoms with E-state index in [1.807, 2.05) is 0 Å². The molecule has 0 spiro atoms. The quantitative estimate of drug-likeness (QED) is 0.597. The molecule has 9 nitrogen and oxygen atoms in total. The number of benzene rings is 2. The number of carboxylic acids is 1. The summed E-state index contributed by atoms with van der Waals surface area (Å²) in [5.41, 5.74) is 1.21. The van der Waals surface area contributed by atoms with Gasteiger partial charge in [0.1, 0.15) is 6.54 Å². The fraction of sp³-hybridized carbons (Fsp3) is 0.300. The van der Waals surface area contributed by atoms with Gasteiger partial charge >= 0.3 is 5.97 Å². The first-order chi connectivity index (χ1) is 14.8. The zero-order chi connectivity index (χ0) is 22.2. The van der Waals surface area contributed by atoms with Crippen molar-refractivity contribution in [1.82, 2.24) is 14.1 Å². The lowest BCUT2D eigenvalue weighted by Gasteiger charge is -2.26. The van der Waals surface area contributed by atoms with Gasteiger partial charge in [-0.2, -0.15) is 9.40 Å². The number of halogens is 1. The maximum absolute atomic E-state index is 13.0. The third-order valence-electron chi connectivity index (χ3n) is 5.11. The van der Waals surface area contributed by atoms with E-state index in [0.717, 1.165) is 0 Å². The Bertz CT molecular complexity index is 1240. The molecule has 1 fully saturated rings. The number of fused-ring (bicyclic) bond motifs is 1. The summed E-state index contributed by atoms with van der Waals surface area (Å²) < 4.78 is 34.1. The van der Waals surface area contributed by atoms with Gasteiger partial charge in [-0.15, -0.1) is 0 Å². The van der Waals surface area contributed by atoms with Gasteiger partial charge in [-0.3, -0.25) is 9.48 Å². The first-order valence-electron chi connectivity index (χ1n) is 9.57. The number of carbonyl (C=O) groups is 1. The predicted octanol–water partition coefficient (Wildman–Crippen LogP) is 2.56. The van der Waals surface area contributed by atoms with Crippen LogP contribution in [0, 0.1) is 0 Å². The van der Waals surface area contributed by atoms with Crippen LogP contribution >= 0.6 is 11.6 Å². The summed E-state index contributed by atoms with van der Waals surface area (Å²) in [5.74, 6) is -0.549. The Labute approximate surface area is 184 Å². The Kier molecular flexibility index (Phi) is 5.89. The molecule has 1 saturated heterocycles. The van der Waals surface area contributed by atoms with Gasteiger partial charge in [0.2, 0.25) is 10.0 Å². The zero-order valence-electron chi connectivity index (χ0n) is 16.7. The lowest BCUT2D eigenvalue weighted by atomic mass is 10.2. The summed E-state index contributed by atoms with van der Waals surface area (Å²) in [6.45, 7) is 1.05. The molecule has 31 heavy (non-hydrogen) atoms. The summed E-state index contributed by atoms with van der Waals surface area (Å²) in [4.78, 5) is 13.1. The largest absolute Gasteiger partial charge is 0.480 e. The van der Waals surface area contributed by atoms with Crippen LogP contribution in [0.15, 0.2) is 47.4 Å². The molecule has 1 aromatic heterocycles. The van der Waals surface area contributed by atoms with E-state index in [0.29, 0.717) is 53.7 Å². The van der Waals surface area contributed by atoms with Crippen molar-refractivity contribution in [2.24, 2.45) is 0 Å². The van der Waals surface area contributed by atoms with E-state index < -0.39 is 16.0 Å². The number of hydrogen-bond donors (Lipinski definition) is 1. The second-order valence-electron chi connectivity index (χ2n) is 7.11. The van der Waals surface area contributed by atoms with Crippen LogP contribution in [0.4, 0.5) is 11.5 Å². The van der Waals surface area contributed by atoms with Gasteiger partial charge in [-0.1, -0.05) is 17.7 Å². The molecule has 0 bridgehead atoms. The number of rotatable bonds is 6. The minimum atomic E-state index is -3.66. The molecule has 0 radical (unpaired) electrons. The fourth-order valence-electron chi connectivity index (χ4n) is 3.54. The number of carboxylic acid groups (broad SMARTS) is 1. The third kappa shape index (κ3) is 4.24. The van der Waals surface area contributed by atoms with E-state index >= 15 is 0 Å². The van der Waals surface area contributed by atoms with Gasteiger partial charge in [-0.25, -0.2) is 8.42 Å². The van der Waals surface area contributed by atoms with Crippen LogP contribution in [0.2, 0.25) is 5.02 Å². The van der Waals surface area contributed by atoms with E-state index in [9.17, 15) is 18.3 Å². The van der Waals surface area contributed by atoms with Crippen molar-refractivity contribution in [3.05, 3.63) is 47.5 Å². The predicted molar refractivity (Wildman–Crippen MR) is 116 cm³/mol. The highest BCUT2D eigenvalue weighted by Gasteiger charge is 2.27. The van der Waals surface area contributed by atoms with Gasteiger partial charge in [0, 0.05) is 36.2 Å². The Morgan fingerprint density at radius 1 is 1.23 bits per heavy atom. The van der Waals surface area contributed by atoms with Crippen molar-refractivity contribution in [2.45, 2.75) is 11.4 Å². The highest BCUT2D eigenvalue weighted by Crippen LogP contribution is 2.33. The monoisotopic (exact) mass is 464 g/mol. The van der Waals surface area contributed by atoms with Crippen LogP contribution < -0.4 is 4.90 Å². The Balaban J connectivity index is 1.74. The van der Waals surface area contributed by atoms with Gasteiger partial charge in [0.25, 0.3) is 0 Å². The van der Waals surface area contributed by atoms with Gasteiger partial charge in [0.15, 0.2) is 5.82 Å². The van der Waals surface area contributed by atoms with Crippen LogP contribution in [-0.2, 0) is 26.1 Å². The van der Waals surface area contributed by atoms with Crippen molar-refractivity contribution in [2.75, 3.05) is 38.3 Å². The second-order valence-corrected chi connectivity index (χ2v) is 9.48. The molecular weight excluding hydrogens is 444 g/mol. The maximum atomic E-state index is 13.0. The molecule has 0 aliphatic carbocycles. The molecule has 11 heteroatoms. The second kappa shape index (κ2) is 8.46. The average molecular weight is 465 g/mol. The summed E-state index contributed by atoms with van der Waals surface area (Å²) >= 11 is 6.16. The van der Waals surface area contributed by atoms with E-state index in [-0.39, 0.29) is 11.4 Å². The van der Waals surface area contributed by atoms with E-state index in [2.05, 4.69) is 5.10 Å². The number of nitrogens with zero attached hydrogens (tertiary/aromatic N) is 4. The molecule has 1 aliphatic heterocycles. The molecule has 2 heterocycles. The van der Waals surface area contributed by atoms with Crippen molar-refractivity contribution >= 4 is 50.0 Å². The summed E-state index contributed by atoms with van der Waals surface area (Å²) in [7, 11) is -1.91. The van der Waals surface area contributed by atoms with E-state index in [1.54, 1.807) is 54.4 Å². The Hall–Kier alpha value is -2.66. The molecule has 164 valence electrons. The number of hydrogen-bond acceptors (Lipinski definition) is 6. The lowest BCUT2D eigenvalue weighted by Crippen LogP contribution is -2.40. The van der Waals surface area contributed by atoms with Crippen molar-refractivity contribution in [3.63, 3.8) is 0 Å². The summed E-state index contributed by atoms with van der Waals surface area (Å²) in [5, 5.41) is 14.8. The van der Waals surface area contributed by atoms with Crippen LogP contribution in [-0.4, -0.2) is 66.9 Å². The molecule has 0 amide bonds. The van der Waals surface area contributed by atoms with Gasteiger partial charge in [-0.05, 0) is 36.4 Å². The van der Waals surface area contributed by atoms with Crippen molar-refractivity contribution in [3.8, 4) is 0 Å². The number of sulfonamides is 1. The van der Waals surface area contributed by atoms with E-state index in [4.69, 9.17) is 16.3 Å². The van der Waals surface area contributed by atoms with Crippen LogP contribution in [0.5, 0.6) is 0 Å². The minimum Gasteiger partial charge on any atom is -0.480 e. The molecule has 3 aromatic rings. The maximum Gasteiger partial charge on any atom is 0.325 e. The Morgan fingerprint density at radius 2 is 1.97 bits per heavy atom. The van der Waals surface area contributed by atoms with Gasteiger partial charge < -0.3 is 14.7 Å². The van der Waals surface area contributed by atoms with Crippen LogP contribution in [0.3, 0.4) is 0 Å². The van der Waals surface area contributed by atoms with Crippen LogP contribution in [0.1, 0.15) is 0 Å². The molecule has 4 rings (SSSR count). The topological polar surface area (TPSA) is 105 Å². The number of aliphatic carboxylic acids is 1. The average Bonchev–Trinajstić information content (AvgIpc) is 3.10. The number of ether oxygens (including phenoxy) is 1. The highest BCUT2D eigenvalue weighted by molar-refractivity contribution is 7.89. The lowest BCUT2D eigenvalue weighted by molar-refractivity contribution is -0.137. The number of aromatic nitrogens is 2. The molecule has 1 aliphatic rings. The first kappa shape index (κ1) is 21.6. The molecule has 0 unspecified atom stereocenters. The molecule has 0 atom stereocenters. The first-order valence-corrected chi connectivity index (χ1v) is 11.4.